The van der Waals surface area contributed by atoms with Crippen molar-refractivity contribution in [2.24, 2.45) is 11.8 Å². The molecule has 6 nitrogen and oxygen atoms in total. The summed E-state index contributed by atoms with van der Waals surface area (Å²) >= 11 is 1.09. The molecule has 3 atom stereocenters. The van der Waals surface area contributed by atoms with Crippen molar-refractivity contribution in [2.75, 3.05) is 12.3 Å². The van der Waals surface area contributed by atoms with Gasteiger partial charge in [0.1, 0.15) is 6.04 Å². The van der Waals surface area contributed by atoms with Gasteiger partial charge < -0.3 is 14.4 Å². The number of likely N-dealkylation sites (tertiary alicyclic amines) is 1. The first-order valence-corrected chi connectivity index (χ1v) is 8.54. The van der Waals surface area contributed by atoms with E-state index in [1.165, 1.54) is 11.8 Å². The summed E-state index contributed by atoms with van der Waals surface area (Å²) < 4.78 is 5.03. The highest BCUT2D eigenvalue weighted by Crippen LogP contribution is 2.28. The normalized spacial score (nSPS) is 22.1. The van der Waals surface area contributed by atoms with E-state index in [0.717, 1.165) is 17.3 Å². The molecule has 1 fully saturated rings. The summed E-state index contributed by atoms with van der Waals surface area (Å²) in [5.74, 6) is -1.06. The number of nitrogens with zero attached hydrogens (tertiary/aromatic N) is 1. The van der Waals surface area contributed by atoms with Gasteiger partial charge in [-0.1, -0.05) is 18.7 Å². The van der Waals surface area contributed by atoms with E-state index >= 15 is 0 Å². The van der Waals surface area contributed by atoms with Gasteiger partial charge in [0.05, 0.1) is 12.5 Å². The fourth-order valence-electron chi connectivity index (χ4n) is 2.89. The molecule has 1 aromatic heterocycles. The minimum atomic E-state index is -0.973. The molecule has 126 valence electrons. The van der Waals surface area contributed by atoms with E-state index in [-0.39, 0.29) is 22.9 Å². The van der Waals surface area contributed by atoms with Crippen LogP contribution in [0.4, 0.5) is 0 Å². The molecule has 2 rings (SSSR count). The fourth-order valence-corrected chi connectivity index (χ4v) is 3.51. The van der Waals surface area contributed by atoms with Crippen LogP contribution in [-0.2, 0) is 20.8 Å². The fraction of sp³-hybridized carbons (Fsp3) is 0.562. The molecule has 0 aliphatic carbocycles. The molecule has 2 unspecified atom stereocenters. The quantitative estimate of drug-likeness (QED) is 0.853. The summed E-state index contributed by atoms with van der Waals surface area (Å²) in [5, 5.41) is 9.36. The Morgan fingerprint density at radius 2 is 2.22 bits per heavy atom. The van der Waals surface area contributed by atoms with E-state index < -0.39 is 12.0 Å². The van der Waals surface area contributed by atoms with E-state index in [2.05, 4.69) is 0 Å². The smallest absolute Gasteiger partial charge is 0.326 e. The van der Waals surface area contributed by atoms with Gasteiger partial charge in [-0.3, -0.25) is 9.59 Å². The molecule has 1 saturated heterocycles. The molecule has 2 heterocycles. The van der Waals surface area contributed by atoms with Crippen LogP contribution >= 0.6 is 11.8 Å². The number of amides is 1. The SMILES string of the molecule is CC(=O)SCC(C)C(=O)N1CC(Cc2ccoc2)C[C@H]1C(=O)O. The molecule has 0 radical (unpaired) electrons. The molecule has 23 heavy (non-hydrogen) atoms. The molecule has 1 aromatic rings. The van der Waals surface area contributed by atoms with Crippen LogP contribution in [0, 0.1) is 11.8 Å². The van der Waals surface area contributed by atoms with Gasteiger partial charge in [0.25, 0.3) is 0 Å². The van der Waals surface area contributed by atoms with Crippen LogP contribution in [0.3, 0.4) is 0 Å². The van der Waals surface area contributed by atoms with Crippen LogP contribution in [0.2, 0.25) is 0 Å². The summed E-state index contributed by atoms with van der Waals surface area (Å²) in [6.45, 7) is 3.62. The number of carbonyl (C=O) groups is 3. The molecule has 0 aromatic carbocycles. The number of furan rings is 1. The average molecular weight is 339 g/mol. The molecule has 7 heteroatoms. The third-order valence-electron chi connectivity index (χ3n) is 4.02. The van der Waals surface area contributed by atoms with Crippen molar-refractivity contribution in [2.45, 2.75) is 32.7 Å². The highest BCUT2D eigenvalue weighted by molar-refractivity contribution is 8.13. The summed E-state index contributed by atoms with van der Waals surface area (Å²) in [6.07, 6.45) is 4.37. The maximum atomic E-state index is 12.5. The Bertz CT molecular complexity index is 571. The van der Waals surface area contributed by atoms with Gasteiger partial charge in [0.2, 0.25) is 5.91 Å². The highest BCUT2D eigenvalue weighted by Gasteiger charge is 2.40. The standard InChI is InChI=1S/C16H21NO5S/c1-10(9-23-11(2)18)15(19)17-7-13(6-14(17)16(20)21)5-12-3-4-22-8-12/h3-4,8,10,13-14H,5-7,9H2,1-2H3,(H,20,21)/t10?,13?,14-/m0/s1. The Morgan fingerprint density at radius 1 is 1.48 bits per heavy atom. The monoisotopic (exact) mass is 339 g/mol. The van der Waals surface area contributed by atoms with E-state index in [0.29, 0.717) is 25.1 Å². The minimum absolute atomic E-state index is 0.0429. The van der Waals surface area contributed by atoms with Crippen molar-refractivity contribution in [1.82, 2.24) is 4.90 Å². The van der Waals surface area contributed by atoms with Crippen molar-refractivity contribution < 1.29 is 23.9 Å². The number of hydrogen-bond donors (Lipinski definition) is 1. The molecule has 0 saturated carbocycles. The third kappa shape index (κ3) is 4.60. The Hall–Kier alpha value is -1.76. The lowest BCUT2D eigenvalue weighted by Crippen LogP contribution is -2.43. The van der Waals surface area contributed by atoms with Crippen LogP contribution in [0.1, 0.15) is 25.8 Å². The maximum absolute atomic E-state index is 12.5. The number of aliphatic carboxylic acids is 1. The zero-order chi connectivity index (χ0) is 17.0. The predicted octanol–water partition coefficient (Wildman–Crippen LogP) is 2.04. The Labute approximate surface area is 139 Å². The second-order valence-electron chi connectivity index (χ2n) is 5.99. The van der Waals surface area contributed by atoms with Crippen LogP contribution in [0.5, 0.6) is 0 Å². The van der Waals surface area contributed by atoms with Crippen molar-refractivity contribution in [3.63, 3.8) is 0 Å². The average Bonchev–Trinajstić information content (AvgIpc) is 3.13. The van der Waals surface area contributed by atoms with Gasteiger partial charge >= 0.3 is 5.97 Å². The number of carboxylic acids is 1. The zero-order valence-electron chi connectivity index (χ0n) is 13.2. The van der Waals surface area contributed by atoms with Crippen LogP contribution < -0.4 is 0 Å². The number of thioether (sulfide) groups is 1. The molecule has 1 aliphatic heterocycles. The second kappa shape index (κ2) is 7.68. The van der Waals surface area contributed by atoms with E-state index in [1.807, 2.05) is 6.07 Å². The Balaban J connectivity index is 2.01. The van der Waals surface area contributed by atoms with Gasteiger partial charge in [-0.2, -0.15) is 0 Å². The van der Waals surface area contributed by atoms with Crippen LogP contribution in [0.25, 0.3) is 0 Å². The summed E-state index contributed by atoms with van der Waals surface area (Å²) in [4.78, 5) is 36.5. The highest BCUT2D eigenvalue weighted by atomic mass is 32.2. The lowest BCUT2D eigenvalue weighted by atomic mass is 9.98. The van der Waals surface area contributed by atoms with Gasteiger partial charge in [-0.25, -0.2) is 4.79 Å². The predicted molar refractivity (Wildman–Crippen MR) is 86.0 cm³/mol. The number of rotatable bonds is 6. The summed E-state index contributed by atoms with van der Waals surface area (Å²) in [6, 6.07) is 1.07. The van der Waals surface area contributed by atoms with Gasteiger partial charge in [-0.05, 0) is 30.4 Å². The maximum Gasteiger partial charge on any atom is 0.326 e. The van der Waals surface area contributed by atoms with Crippen molar-refractivity contribution >= 4 is 28.8 Å². The lowest BCUT2D eigenvalue weighted by Gasteiger charge is -2.24. The molecule has 0 spiro atoms. The number of carboxylic acid groups (broad SMARTS) is 1. The number of hydrogen-bond acceptors (Lipinski definition) is 5. The minimum Gasteiger partial charge on any atom is -0.480 e. The summed E-state index contributed by atoms with van der Waals surface area (Å²) in [5.41, 5.74) is 1.01. The van der Waals surface area contributed by atoms with E-state index in [9.17, 15) is 19.5 Å². The van der Waals surface area contributed by atoms with Gasteiger partial charge in [0.15, 0.2) is 5.12 Å². The largest absolute Gasteiger partial charge is 0.480 e. The zero-order valence-corrected chi connectivity index (χ0v) is 14.0. The van der Waals surface area contributed by atoms with Crippen LogP contribution in [0.15, 0.2) is 23.0 Å². The number of carbonyl (C=O) groups excluding carboxylic acids is 2. The van der Waals surface area contributed by atoms with E-state index in [1.54, 1.807) is 19.5 Å². The molecule has 0 bridgehead atoms. The molecule has 1 N–H and O–H groups in total. The molecular weight excluding hydrogens is 318 g/mol. The van der Waals surface area contributed by atoms with Crippen LogP contribution in [-0.4, -0.2) is 45.3 Å². The van der Waals surface area contributed by atoms with Crippen molar-refractivity contribution in [1.29, 1.82) is 0 Å². The Kier molecular flexibility index (Phi) is 5.87. The molecule has 1 amide bonds. The second-order valence-corrected chi connectivity index (χ2v) is 7.18. The van der Waals surface area contributed by atoms with Gasteiger partial charge in [-0.15, -0.1) is 0 Å². The Morgan fingerprint density at radius 3 is 2.78 bits per heavy atom. The van der Waals surface area contributed by atoms with Gasteiger partial charge in [0, 0.05) is 25.1 Å². The summed E-state index contributed by atoms with van der Waals surface area (Å²) in [7, 11) is 0. The first-order valence-electron chi connectivity index (χ1n) is 7.56. The molecular formula is C16H21NO5S. The lowest BCUT2D eigenvalue weighted by molar-refractivity contribution is -0.149. The van der Waals surface area contributed by atoms with Crippen molar-refractivity contribution in [3.8, 4) is 0 Å². The van der Waals surface area contributed by atoms with Crippen molar-refractivity contribution in [3.05, 3.63) is 24.2 Å². The first-order chi connectivity index (χ1) is 10.9. The topological polar surface area (TPSA) is 87.8 Å². The first kappa shape index (κ1) is 17.6. The third-order valence-corrected chi connectivity index (χ3v) is 5.09. The van der Waals surface area contributed by atoms with E-state index in [4.69, 9.17) is 4.42 Å². The molecule has 1 aliphatic rings.